The molecule has 1 aliphatic rings. The minimum atomic E-state index is -1.24. The number of nitrogens with one attached hydrogen (secondary N) is 2. The lowest BCUT2D eigenvalue weighted by atomic mass is 9.99. The highest BCUT2D eigenvalue weighted by Gasteiger charge is 2.18. The van der Waals surface area contributed by atoms with Gasteiger partial charge in [-0.3, -0.25) is 0 Å². The van der Waals surface area contributed by atoms with Crippen LogP contribution in [0.4, 0.5) is 16.2 Å². The molecule has 1 aromatic rings. The van der Waals surface area contributed by atoms with Crippen LogP contribution >= 0.6 is 0 Å². The Hall–Kier alpha value is -1.91. The van der Waals surface area contributed by atoms with Crippen LogP contribution in [0.3, 0.4) is 0 Å². The Balaban J connectivity index is 2.17. The molecule has 0 saturated carbocycles. The first-order chi connectivity index (χ1) is 7.16. The van der Waals surface area contributed by atoms with Crippen LogP contribution in [0.15, 0.2) is 18.2 Å². The van der Waals surface area contributed by atoms with E-state index in [1.165, 1.54) is 0 Å². The Morgan fingerprint density at radius 2 is 2.40 bits per heavy atom. The van der Waals surface area contributed by atoms with Crippen molar-refractivity contribution in [2.75, 3.05) is 17.6 Å². The van der Waals surface area contributed by atoms with Crippen molar-refractivity contribution in [3.63, 3.8) is 0 Å². The standard InChI is InChI=1S/C10H13N3O2/c11-8-3-1-2-6-4-7(13-10(14)15)5-12-9(6)8/h1-3,7,12-13H,4-5,11H2,(H,14,15)/p-1. The number of para-hydroxylation sites is 1. The fourth-order valence-electron chi connectivity index (χ4n) is 1.84. The van der Waals surface area contributed by atoms with Crippen molar-refractivity contribution < 1.29 is 9.90 Å². The molecule has 1 amide bonds. The molecule has 5 heteroatoms. The van der Waals surface area contributed by atoms with Gasteiger partial charge in [0.1, 0.15) is 6.09 Å². The summed E-state index contributed by atoms with van der Waals surface area (Å²) in [7, 11) is 0. The first-order valence-corrected chi connectivity index (χ1v) is 4.75. The minimum absolute atomic E-state index is 0.149. The molecular formula is C10H12N3O2-. The Morgan fingerprint density at radius 1 is 1.60 bits per heavy atom. The molecule has 0 spiro atoms. The Morgan fingerprint density at radius 3 is 3.13 bits per heavy atom. The zero-order valence-corrected chi connectivity index (χ0v) is 8.12. The number of nitrogens with two attached hydrogens (primary N) is 1. The molecule has 1 aliphatic heterocycles. The van der Waals surface area contributed by atoms with Gasteiger partial charge in [-0.1, -0.05) is 12.1 Å². The molecule has 0 bridgehead atoms. The predicted octanol–water partition coefficient (Wildman–Crippen LogP) is -0.462. The molecule has 15 heavy (non-hydrogen) atoms. The summed E-state index contributed by atoms with van der Waals surface area (Å²) in [6.45, 7) is 0.537. The third kappa shape index (κ3) is 1.96. The number of carboxylic acid groups (broad SMARTS) is 1. The second-order valence-electron chi connectivity index (χ2n) is 3.60. The van der Waals surface area contributed by atoms with Crippen LogP contribution < -0.4 is 21.5 Å². The quantitative estimate of drug-likeness (QED) is 0.542. The Bertz CT molecular complexity index is 392. The highest BCUT2D eigenvalue weighted by Crippen LogP contribution is 2.27. The van der Waals surface area contributed by atoms with Crippen molar-refractivity contribution >= 4 is 17.5 Å². The third-order valence-corrected chi connectivity index (χ3v) is 2.50. The zero-order valence-electron chi connectivity index (χ0n) is 8.12. The van der Waals surface area contributed by atoms with E-state index in [-0.39, 0.29) is 6.04 Å². The van der Waals surface area contributed by atoms with Crippen molar-refractivity contribution in [1.82, 2.24) is 5.32 Å². The summed E-state index contributed by atoms with van der Waals surface area (Å²) >= 11 is 0. The first kappa shape index (κ1) is 9.64. The number of fused-ring (bicyclic) bond motifs is 1. The van der Waals surface area contributed by atoms with Crippen molar-refractivity contribution in [3.05, 3.63) is 23.8 Å². The topological polar surface area (TPSA) is 90.2 Å². The van der Waals surface area contributed by atoms with Gasteiger partial charge in [0.15, 0.2) is 0 Å². The summed E-state index contributed by atoms with van der Waals surface area (Å²) in [5.41, 5.74) is 8.41. The molecule has 0 radical (unpaired) electrons. The van der Waals surface area contributed by atoms with E-state index in [9.17, 15) is 9.90 Å². The van der Waals surface area contributed by atoms with Gasteiger partial charge in [0.25, 0.3) is 0 Å². The highest BCUT2D eigenvalue weighted by atomic mass is 16.4. The van der Waals surface area contributed by atoms with Gasteiger partial charge in [-0.2, -0.15) is 0 Å². The normalized spacial score (nSPS) is 18.8. The second-order valence-corrected chi connectivity index (χ2v) is 3.60. The number of anilines is 2. The monoisotopic (exact) mass is 206 g/mol. The van der Waals surface area contributed by atoms with Gasteiger partial charge in [0.05, 0.1) is 11.4 Å². The van der Waals surface area contributed by atoms with Gasteiger partial charge >= 0.3 is 0 Å². The van der Waals surface area contributed by atoms with E-state index in [4.69, 9.17) is 5.73 Å². The van der Waals surface area contributed by atoms with Crippen molar-refractivity contribution in [2.45, 2.75) is 12.5 Å². The number of rotatable bonds is 1. The van der Waals surface area contributed by atoms with Crippen LogP contribution in [0.1, 0.15) is 5.56 Å². The molecule has 0 aromatic heterocycles. The van der Waals surface area contributed by atoms with E-state index in [0.717, 1.165) is 11.3 Å². The van der Waals surface area contributed by atoms with Crippen LogP contribution in [-0.4, -0.2) is 18.7 Å². The number of hydrogen-bond acceptors (Lipinski definition) is 4. The fraction of sp³-hybridized carbons (Fsp3) is 0.300. The maximum atomic E-state index is 10.4. The number of hydrogen-bond donors (Lipinski definition) is 3. The van der Waals surface area contributed by atoms with E-state index in [0.29, 0.717) is 18.7 Å². The SMILES string of the molecule is Nc1cccc2c1NCC(NC(=O)[O-])C2. The fourth-order valence-corrected chi connectivity index (χ4v) is 1.84. The van der Waals surface area contributed by atoms with Crippen LogP contribution in [0.5, 0.6) is 0 Å². The molecular weight excluding hydrogens is 194 g/mol. The summed E-state index contributed by atoms with van der Waals surface area (Å²) in [5.74, 6) is 0. The molecule has 4 N–H and O–H groups in total. The number of amides is 1. The maximum Gasteiger partial charge on any atom is 0.134 e. The Kier molecular flexibility index (Phi) is 2.37. The summed E-state index contributed by atoms with van der Waals surface area (Å²) < 4.78 is 0. The van der Waals surface area contributed by atoms with Gasteiger partial charge in [-0.05, 0) is 18.1 Å². The van der Waals surface area contributed by atoms with Gasteiger partial charge in [0, 0.05) is 12.6 Å². The molecule has 1 unspecified atom stereocenters. The molecule has 1 heterocycles. The molecule has 5 nitrogen and oxygen atoms in total. The molecule has 1 atom stereocenters. The lowest BCUT2D eigenvalue weighted by Gasteiger charge is -2.28. The van der Waals surface area contributed by atoms with E-state index in [1.54, 1.807) is 0 Å². The third-order valence-electron chi connectivity index (χ3n) is 2.50. The lowest BCUT2D eigenvalue weighted by Crippen LogP contribution is -2.48. The van der Waals surface area contributed by atoms with Crippen molar-refractivity contribution in [3.8, 4) is 0 Å². The van der Waals surface area contributed by atoms with Gasteiger partial charge < -0.3 is 26.3 Å². The number of carbonyl (C=O) groups excluding carboxylic acids is 1. The Labute approximate surface area is 87.3 Å². The molecule has 80 valence electrons. The summed E-state index contributed by atoms with van der Waals surface area (Å²) in [5, 5.41) is 15.8. The maximum absolute atomic E-state index is 10.4. The molecule has 1 aromatic carbocycles. The zero-order chi connectivity index (χ0) is 10.8. The predicted molar refractivity (Wildman–Crippen MR) is 55.4 cm³/mol. The van der Waals surface area contributed by atoms with Gasteiger partial charge in [0.2, 0.25) is 0 Å². The van der Waals surface area contributed by atoms with Gasteiger partial charge in [-0.25, -0.2) is 0 Å². The second kappa shape index (κ2) is 3.68. The lowest BCUT2D eigenvalue weighted by molar-refractivity contribution is -0.251. The summed E-state index contributed by atoms with van der Waals surface area (Å²) in [4.78, 5) is 10.4. The number of benzene rings is 1. The average molecular weight is 206 g/mol. The molecule has 0 aliphatic carbocycles. The van der Waals surface area contributed by atoms with Crippen LogP contribution in [0.2, 0.25) is 0 Å². The average Bonchev–Trinajstić information content (AvgIpc) is 2.17. The van der Waals surface area contributed by atoms with Crippen molar-refractivity contribution in [2.24, 2.45) is 0 Å². The van der Waals surface area contributed by atoms with Crippen LogP contribution in [0.25, 0.3) is 0 Å². The van der Waals surface area contributed by atoms with E-state index >= 15 is 0 Å². The molecule has 0 saturated heterocycles. The van der Waals surface area contributed by atoms with Crippen LogP contribution in [-0.2, 0) is 6.42 Å². The molecule has 2 rings (SSSR count). The van der Waals surface area contributed by atoms with E-state index in [2.05, 4.69) is 10.6 Å². The number of carbonyl (C=O) groups is 1. The highest BCUT2D eigenvalue weighted by molar-refractivity contribution is 5.72. The largest absolute Gasteiger partial charge is 0.530 e. The number of nitrogen functional groups attached to an aromatic ring is 1. The smallest absolute Gasteiger partial charge is 0.134 e. The summed E-state index contributed by atoms with van der Waals surface area (Å²) in [6, 6.07) is 5.46. The van der Waals surface area contributed by atoms with E-state index in [1.807, 2.05) is 18.2 Å². The van der Waals surface area contributed by atoms with E-state index < -0.39 is 6.09 Å². The van der Waals surface area contributed by atoms with Crippen LogP contribution in [0, 0.1) is 0 Å². The first-order valence-electron chi connectivity index (χ1n) is 4.75. The minimum Gasteiger partial charge on any atom is -0.530 e. The summed E-state index contributed by atoms with van der Waals surface area (Å²) in [6.07, 6.45) is -0.601. The van der Waals surface area contributed by atoms with Gasteiger partial charge in [-0.15, -0.1) is 0 Å². The van der Waals surface area contributed by atoms with Crippen molar-refractivity contribution in [1.29, 1.82) is 0 Å². The molecule has 0 fully saturated rings.